The first-order valence-electron chi connectivity index (χ1n) is 8.36. The van der Waals surface area contributed by atoms with Gasteiger partial charge in [0, 0.05) is 0 Å². The van der Waals surface area contributed by atoms with Crippen LogP contribution in [0.5, 0.6) is 5.75 Å². The predicted octanol–water partition coefficient (Wildman–Crippen LogP) is 4.63. The minimum atomic E-state index is 0. The lowest BCUT2D eigenvalue weighted by Crippen LogP contribution is -2.33. The molecule has 0 spiro atoms. The highest BCUT2D eigenvalue weighted by Gasteiger charge is 2.20. The first-order valence-corrected chi connectivity index (χ1v) is 8.36. The van der Waals surface area contributed by atoms with Gasteiger partial charge in [-0.15, -0.1) is 12.4 Å². The smallest absolute Gasteiger partial charge is 0.115 e. The van der Waals surface area contributed by atoms with Crippen molar-refractivity contribution >= 4 is 12.4 Å². The van der Waals surface area contributed by atoms with Crippen LogP contribution in [0.3, 0.4) is 0 Å². The van der Waals surface area contributed by atoms with E-state index in [0.717, 1.165) is 0 Å². The monoisotopic (exact) mass is 331 g/mol. The Kier molecular flexibility index (Phi) is 6.94. The van der Waals surface area contributed by atoms with Crippen molar-refractivity contribution in [3.63, 3.8) is 0 Å². The average Bonchev–Trinajstić information content (AvgIpc) is 2.57. The molecule has 1 aliphatic heterocycles. The molecule has 0 bridgehead atoms. The topological polar surface area (TPSA) is 23.5 Å². The number of piperidine rings is 1. The van der Waals surface area contributed by atoms with E-state index in [1.165, 1.54) is 56.4 Å². The summed E-state index contributed by atoms with van der Waals surface area (Å²) in [6.45, 7) is 3.60. The maximum Gasteiger partial charge on any atom is 0.115 e. The maximum absolute atomic E-state index is 9.38. The molecular weight excluding hydrogens is 306 g/mol. The Balaban J connectivity index is 0.00000192. The van der Waals surface area contributed by atoms with Crippen molar-refractivity contribution in [2.24, 2.45) is 0 Å². The van der Waals surface area contributed by atoms with Gasteiger partial charge in [-0.1, -0.05) is 42.5 Å². The fourth-order valence-corrected chi connectivity index (χ4v) is 3.39. The normalized spacial score (nSPS) is 16.0. The zero-order valence-electron chi connectivity index (χ0n) is 13.5. The summed E-state index contributed by atoms with van der Waals surface area (Å²) in [6.07, 6.45) is 4.89. The quantitative estimate of drug-likeness (QED) is 0.863. The molecule has 1 heterocycles. The molecule has 2 nitrogen and oxygen atoms in total. The van der Waals surface area contributed by atoms with Crippen LogP contribution in [0.25, 0.3) is 0 Å². The summed E-state index contributed by atoms with van der Waals surface area (Å²) in [5.74, 6) is 1.02. The molecule has 124 valence electrons. The fourth-order valence-electron chi connectivity index (χ4n) is 3.39. The van der Waals surface area contributed by atoms with Crippen LogP contribution < -0.4 is 0 Å². The lowest BCUT2D eigenvalue weighted by atomic mass is 9.89. The van der Waals surface area contributed by atoms with Gasteiger partial charge < -0.3 is 10.0 Å². The summed E-state index contributed by atoms with van der Waals surface area (Å²) < 4.78 is 0. The van der Waals surface area contributed by atoms with Gasteiger partial charge in [0.05, 0.1) is 0 Å². The maximum atomic E-state index is 9.38. The Bertz CT molecular complexity index is 562. The van der Waals surface area contributed by atoms with E-state index < -0.39 is 0 Å². The van der Waals surface area contributed by atoms with Gasteiger partial charge in [-0.05, 0) is 74.5 Å². The summed E-state index contributed by atoms with van der Waals surface area (Å²) in [5, 5.41) is 9.38. The third kappa shape index (κ3) is 5.26. The van der Waals surface area contributed by atoms with Crippen LogP contribution in [0.1, 0.15) is 36.3 Å². The largest absolute Gasteiger partial charge is 0.508 e. The molecular formula is C20H26ClNO. The molecule has 3 heteroatoms. The van der Waals surface area contributed by atoms with Crippen molar-refractivity contribution in [2.75, 3.05) is 19.6 Å². The molecule has 0 radical (unpaired) electrons. The van der Waals surface area contributed by atoms with Crippen LogP contribution in [0.2, 0.25) is 0 Å². The van der Waals surface area contributed by atoms with Gasteiger partial charge in [0.1, 0.15) is 5.75 Å². The molecule has 0 saturated carbocycles. The van der Waals surface area contributed by atoms with Crippen LogP contribution in [0.15, 0.2) is 54.6 Å². The SMILES string of the molecule is Cl.Oc1ccc(C2CCN(CCCc3ccccc3)CC2)cc1. The highest BCUT2D eigenvalue weighted by molar-refractivity contribution is 5.85. The van der Waals surface area contributed by atoms with Crippen molar-refractivity contribution in [3.05, 3.63) is 65.7 Å². The molecule has 1 N–H and O–H groups in total. The van der Waals surface area contributed by atoms with Crippen molar-refractivity contribution in [1.82, 2.24) is 4.90 Å². The number of hydrogen-bond acceptors (Lipinski definition) is 2. The third-order valence-electron chi connectivity index (χ3n) is 4.73. The highest BCUT2D eigenvalue weighted by Crippen LogP contribution is 2.29. The first-order chi connectivity index (χ1) is 10.8. The summed E-state index contributed by atoms with van der Waals surface area (Å²) in [6, 6.07) is 18.5. The molecule has 1 aliphatic rings. The number of aryl methyl sites for hydroxylation is 1. The number of rotatable bonds is 5. The predicted molar refractivity (Wildman–Crippen MR) is 98.5 cm³/mol. The van der Waals surface area contributed by atoms with Crippen LogP contribution in [-0.2, 0) is 6.42 Å². The van der Waals surface area contributed by atoms with Crippen LogP contribution in [-0.4, -0.2) is 29.6 Å². The van der Waals surface area contributed by atoms with Gasteiger partial charge in [0.15, 0.2) is 0 Å². The van der Waals surface area contributed by atoms with Crippen molar-refractivity contribution in [1.29, 1.82) is 0 Å². The molecule has 2 aromatic carbocycles. The van der Waals surface area contributed by atoms with Crippen molar-refractivity contribution in [3.8, 4) is 5.75 Å². The molecule has 1 saturated heterocycles. The summed E-state index contributed by atoms with van der Waals surface area (Å²) in [7, 11) is 0. The van der Waals surface area contributed by atoms with Crippen LogP contribution >= 0.6 is 12.4 Å². The Morgan fingerprint density at radius 1 is 0.913 bits per heavy atom. The number of benzene rings is 2. The number of hydrogen-bond donors (Lipinski definition) is 1. The van der Waals surface area contributed by atoms with Crippen LogP contribution in [0, 0.1) is 0 Å². The van der Waals surface area contributed by atoms with Crippen molar-refractivity contribution < 1.29 is 5.11 Å². The van der Waals surface area contributed by atoms with Gasteiger partial charge in [0.25, 0.3) is 0 Å². The minimum absolute atomic E-state index is 0. The number of halogens is 1. The minimum Gasteiger partial charge on any atom is -0.508 e. The van der Waals surface area contributed by atoms with Crippen LogP contribution in [0.4, 0.5) is 0 Å². The highest BCUT2D eigenvalue weighted by atomic mass is 35.5. The third-order valence-corrected chi connectivity index (χ3v) is 4.73. The Morgan fingerprint density at radius 2 is 1.57 bits per heavy atom. The second kappa shape index (κ2) is 8.95. The van der Waals surface area contributed by atoms with E-state index in [2.05, 4.69) is 47.4 Å². The average molecular weight is 332 g/mol. The van der Waals surface area contributed by atoms with E-state index in [1.54, 1.807) is 0 Å². The first kappa shape index (κ1) is 17.8. The second-order valence-electron chi connectivity index (χ2n) is 6.30. The molecule has 23 heavy (non-hydrogen) atoms. The second-order valence-corrected chi connectivity index (χ2v) is 6.30. The summed E-state index contributed by atoms with van der Waals surface area (Å²) >= 11 is 0. The van der Waals surface area contributed by atoms with Gasteiger partial charge in [-0.25, -0.2) is 0 Å². The van der Waals surface area contributed by atoms with E-state index in [4.69, 9.17) is 0 Å². The molecule has 0 amide bonds. The van der Waals surface area contributed by atoms with Gasteiger partial charge in [-0.2, -0.15) is 0 Å². The molecule has 0 atom stereocenters. The van der Waals surface area contributed by atoms with E-state index in [9.17, 15) is 5.11 Å². The van der Waals surface area contributed by atoms with Gasteiger partial charge in [0.2, 0.25) is 0 Å². The van der Waals surface area contributed by atoms with Crippen molar-refractivity contribution in [2.45, 2.75) is 31.6 Å². The number of nitrogens with zero attached hydrogens (tertiary/aromatic N) is 1. The molecule has 2 aromatic rings. The summed E-state index contributed by atoms with van der Waals surface area (Å²) in [4.78, 5) is 2.60. The van der Waals surface area contributed by atoms with E-state index in [1.807, 2.05) is 12.1 Å². The van der Waals surface area contributed by atoms with Gasteiger partial charge in [-0.3, -0.25) is 0 Å². The number of aromatic hydroxyl groups is 1. The Morgan fingerprint density at radius 3 is 2.22 bits per heavy atom. The zero-order valence-corrected chi connectivity index (χ0v) is 14.3. The summed E-state index contributed by atoms with van der Waals surface area (Å²) in [5.41, 5.74) is 2.82. The van der Waals surface area contributed by atoms with E-state index >= 15 is 0 Å². The lowest BCUT2D eigenvalue weighted by Gasteiger charge is -2.32. The standard InChI is InChI=1S/C20H25NO.ClH/c22-20-10-8-18(9-11-20)19-12-15-21(16-13-19)14-4-7-17-5-2-1-3-6-17;/h1-3,5-6,8-11,19,22H,4,7,12-16H2;1H. The zero-order chi connectivity index (χ0) is 15.2. The van der Waals surface area contributed by atoms with E-state index in [-0.39, 0.29) is 12.4 Å². The van der Waals surface area contributed by atoms with E-state index in [0.29, 0.717) is 11.7 Å². The Hall–Kier alpha value is -1.51. The fraction of sp³-hybridized carbons (Fsp3) is 0.400. The molecule has 0 aliphatic carbocycles. The number of likely N-dealkylation sites (tertiary alicyclic amines) is 1. The molecule has 1 fully saturated rings. The molecule has 3 rings (SSSR count). The lowest BCUT2D eigenvalue weighted by molar-refractivity contribution is 0.210. The molecule has 0 aromatic heterocycles. The number of phenols is 1. The number of phenolic OH excluding ortho intramolecular Hbond substituents is 1. The van der Waals surface area contributed by atoms with Gasteiger partial charge >= 0.3 is 0 Å². The molecule has 0 unspecified atom stereocenters. The Labute approximate surface area is 145 Å².